The molecule has 0 amide bonds. The lowest BCUT2D eigenvalue weighted by molar-refractivity contribution is 0.240. The van der Waals surface area contributed by atoms with Gasteiger partial charge in [0.15, 0.2) is 0 Å². The third kappa shape index (κ3) is 2.24. The normalized spacial score (nSPS) is 26.3. The van der Waals surface area contributed by atoms with Crippen LogP contribution in [-0.2, 0) is 4.74 Å². The molecule has 1 aliphatic heterocycles. The van der Waals surface area contributed by atoms with E-state index in [2.05, 4.69) is 5.32 Å². The Morgan fingerprint density at radius 1 is 1.89 bits per heavy atom. The summed E-state index contributed by atoms with van der Waals surface area (Å²) >= 11 is 6.39. The summed E-state index contributed by atoms with van der Waals surface area (Å²) in [5.74, 6) is 0. The summed E-state index contributed by atoms with van der Waals surface area (Å²) < 4.78 is 5.87. The second-order valence-corrected chi connectivity index (χ2v) is 3.53. The Balaban J connectivity index is 2.50. The highest BCUT2D eigenvalue weighted by atomic mass is 32.2. The highest BCUT2D eigenvalue weighted by Crippen LogP contribution is 2.14. The van der Waals surface area contributed by atoms with Crippen molar-refractivity contribution in [1.29, 1.82) is 0 Å². The molecule has 0 bridgehead atoms. The van der Waals surface area contributed by atoms with Gasteiger partial charge in [0.05, 0.1) is 0 Å². The van der Waals surface area contributed by atoms with Crippen LogP contribution in [-0.4, -0.2) is 9.76 Å². The summed E-state index contributed by atoms with van der Waals surface area (Å²) in [7, 11) is 0. The van der Waals surface area contributed by atoms with Crippen molar-refractivity contribution in [1.82, 2.24) is 5.32 Å². The third-order valence-electron chi connectivity index (χ3n) is 0.812. The Hall–Kier alpha value is -0.220. The molecule has 9 heavy (non-hydrogen) atoms. The van der Waals surface area contributed by atoms with Crippen molar-refractivity contribution in [3.8, 4) is 0 Å². The smallest absolute Gasteiger partial charge is 0.147 e. The maximum absolute atomic E-state index is 5.11. The van der Waals surface area contributed by atoms with Crippen LogP contribution in [0.2, 0.25) is 0 Å². The van der Waals surface area contributed by atoms with Crippen LogP contribution in [0.5, 0.6) is 0 Å². The zero-order chi connectivity index (χ0) is 6.69. The van der Waals surface area contributed by atoms with E-state index in [0.717, 1.165) is 4.32 Å². The quantitative estimate of drug-likeness (QED) is 0.542. The van der Waals surface area contributed by atoms with Crippen molar-refractivity contribution in [3.63, 3.8) is 0 Å². The van der Waals surface area contributed by atoms with Gasteiger partial charge in [0.2, 0.25) is 0 Å². The van der Waals surface area contributed by atoms with Gasteiger partial charge in [-0.2, -0.15) is 0 Å². The van der Waals surface area contributed by atoms with Crippen LogP contribution in [0.3, 0.4) is 0 Å². The second kappa shape index (κ2) is 3.08. The van der Waals surface area contributed by atoms with Crippen LogP contribution >= 0.6 is 24.0 Å². The van der Waals surface area contributed by atoms with Crippen LogP contribution in [0.1, 0.15) is 6.92 Å². The van der Waals surface area contributed by atoms with Crippen LogP contribution < -0.4 is 5.32 Å². The van der Waals surface area contributed by atoms with E-state index >= 15 is 0 Å². The molecular weight excluding hydrogens is 154 g/mol. The van der Waals surface area contributed by atoms with E-state index in [0.29, 0.717) is 0 Å². The fourth-order valence-electron chi connectivity index (χ4n) is 0.465. The Bertz CT molecular complexity index is 146. The van der Waals surface area contributed by atoms with Gasteiger partial charge in [-0.25, -0.2) is 0 Å². The lowest BCUT2D eigenvalue weighted by atomic mass is 10.8. The SMILES string of the molecule is CC1OC=CNC(=S)S1. The number of thioether (sulfide) groups is 1. The third-order valence-corrected chi connectivity index (χ3v) is 1.99. The molecule has 0 aromatic rings. The maximum Gasteiger partial charge on any atom is 0.147 e. The van der Waals surface area contributed by atoms with Gasteiger partial charge in [-0.3, -0.25) is 0 Å². The van der Waals surface area contributed by atoms with Gasteiger partial charge < -0.3 is 10.1 Å². The Labute approximate surface area is 63.6 Å². The van der Waals surface area contributed by atoms with Gasteiger partial charge in [-0.05, 0) is 6.92 Å². The number of nitrogens with one attached hydrogen (secondary N) is 1. The Kier molecular flexibility index (Phi) is 2.36. The molecule has 0 spiro atoms. The molecule has 1 aliphatic rings. The summed E-state index contributed by atoms with van der Waals surface area (Å²) in [6.45, 7) is 1.95. The van der Waals surface area contributed by atoms with E-state index in [9.17, 15) is 0 Å². The van der Waals surface area contributed by atoms with Crippen LogP contribution in [0.4, 0.5) is 0 Å². The largest absolute Gasteiger partial charge is 0.486 e. The summed E-state index contributed by atoms with van der Waals surface area (Å²) in [6, 6.07) is 0. The van der Waals surface area contributed by atoms with Gasteiger partial charge in [0.25, 0.3) is 0 Å². The predicted molar refractivity (Wildman–Crippen MR) is 43.0 cm³/mol. The molecule has 0 aromatic carbocycles. The van der Waals surface area contributed by atoms with Crippen LogP contribution in [0.15, 0.2) is 12.5 Å². The molecule has 2 nitrogen and oxygen atoms in total. The fourth-order valence-corrected chi connectivity index (χ4v) is 1.50. The summed E-state index contributed by atoms with van der Waals surface area (Å²) in [5, 5.41) is 2.86. The van der Waals surface area contributed by atoms with Crippen molar-refractivity contribution in [2.45, 2.75) is 12.4 Å². The average Bonchev–Trinajstić information content (AvgIpc) is 1.93. The van der Waals surface area contributed by atoms with Crippen molar-refractivity contribution in [3.05, 3.63) is 12.5 Å². The second-order valence-electron chi connectivity index (χ2n) is 1.56. The molecule has 1 unspecified atom stereocenters. The molecule has 0 aliphatic carbocycles. The molecule has 4 heteroatoms. The summed E-state index contributed by atoms with van der Waals surface area (Å²) in [5.41, 5.74) is 0.128. The van der Waals surface area contributed by atoms with Crippen LogP contribution in [0.25, 0.3) is 0 Å². The molecule has 1 heterocycles. The van der Waals surface area contributed by atoms with Gasteiger partial charge in [-0.15, -0.1) is 0 Å². The van der Waals surface area contributed by atoms with Crippen molar-refractivity contribution in [2.75, 3.05) is 0 Å². The number of rotatable bonds is 0. The van der Waals surface area contributed by atoms with Crippen molar-refractivity contribution in [2.24, 2.45) is 0 Å². The maximum atomic E-state index is 5.11. The molecule has 50 valence electrons. The summed E-state index contributed by atoms with van der Waals surface area (Å²) in [4.78, 5) is 0. The van der Waals surface area contributed by atoms with Crippen molar-refractivity contribution < 1.29 is 4.74 Å². The highest BCUT2D eigenvalue weighted by Gasteiger charge is 2.06. The minimum atomic E-state index is 0.128. The van der Waals surface area contributed by atoms with Crippen LogP contribution in [0, 0.1) is 0 Å². The Morgan fingerprint density at radius 2 is 2.67 bits per heavy atom. The van der Waals surface area contributed by atoms with E-state index in [4.69, 9.17) is 17.0 Å². The lowest BCUT2D eigenvalue weighted by Gasteiger charge is -2.05. The van der Waals surface area contributed by atoms with E-state index in [-0.39, 0.29) is 5.44 Å². The highest BCUT2D eigenvalue weighted by molar-refractivity contribution is 8.23. The minimum Gasteiger partial charge on any atom is -0.486 e. The predicted octanol–water partition coefficient (Wildman–Crippen LogP) is 1.44. The first-order valence-electron chi connectivity index (χ1n) is 2.56. The molecule has 1 rings (SSSR count). The zero-order valence-corrected chi connectivity index (χ0v) is 6.59. The van der Waals surface area contributed by atoms with Gasteiger partial charge in [0, 0.05) is 6.20 Å². The standard InChI is InChI=1S/C5H7NOS2/c1-4-7-3-2-6-5(8)9-4/h2-4H,1H3,(H,6,8). The van der Waals surface area contributed by atoms with E-state index in [1.807, 2.05) is 6.92 Å². The minimum absolute atomic E-state index is 0.128. The van der Waals surface area contributed by atoms with E-state index in [1.54, 1.807) is 12.5 Å². The molecule has 0 aromatic heterocycles. The molecular formula is C5H7NOS2. The number of ether oxygens (including phenoxy) is 1. The number of thiocarbonyl (C=S) groups is 1. The molecule has 1 atom stereocenters. The Morgan fingerprint density at radius 3 is 3.44 bits per heavy atom. The molecule has 0 radical (unpaired) electrons. The lowest BCUT2D eigenvalue weighted by Crippen LogP contribution is -2.10. The van der Waals surface area contributed by atoms with Gasteiger partial charge in [0.1, 0.15) is 16.0 Å². The van der Waals surface area contributed by atoms with Gasteiger partial charge in [-0.1, -0.05) is 24.0 Å². The molecule has 1 N–H and O–H groups in total. The van der Waals surface area contributed by atoms with Crippen molar-refractivity contribution >= 4 is 28.3 Å². The average molecular weight is 161 g/mol. The molecule has 0 saturated carbocycles. The number of hydrogen-bond donors (Lipinski definition) is 1. The van der Waals surface area contributed by atoms with Gasteiger partial charge >= 0.3 is 0 Å². The first kappa shape index (κ1) is 6.89. The topological polar surface area (TPSA) is 21.3 Å². The zero-order valence-electron chi connectivity index (χ0n) is 4.96. The van der Waals surface area contributed by atoms with E-state index in [1.165, 1.54) is 11.8 Å². The molecule has 0 fully saturated rings. The molecule has 0 saturated heterocycles. The fraction of sp³-hybridized carbons (Fsp3) is 0.400. The summed E-state index contributed by atoms with van der Waals surface area (Å²) in [6.07, 6.45) is 3.30. The van der Waals surface area contributed by atoms with E-state index < -0.39 is 0 Å². The first-order chi connectivity index (χ1) is 4.29. The first-order valence-corrected chi connectivity index (χ1v) is 3.85. The monoisotopic (exact) mass is 161 g/mol. The number of hydrogen-bond acceptors (Lipinski definition) is 3.